The first-order chi connectivity index (χ1) is 14.5. The Kier molecular flexibility index (Phi) is 5.88. The molecule has 30 heavy (non-hydrogen) atoms. The summed E-state index contributed by atoms with van der Waals surface area (Å²) in [5, 5.41) is 12.9. The number of aryl methyl sites for hydroxylation is 1. The van der Waals surface area contributed by atoms with Crippen molar-refractivity contribution in [2.45, 2.75) is 49.1 Å². The monoisotopic (exact) mass is 421 g/mol. The molecule has 0 spiro atoms. The van der Waals surface area contributed by atoms with Crippen LogP contribution in [0.5, 0.6) is 0 Å². The first-order valence-electron chi connectivity index (χ1n) is 10.4. The van der Waals surface area contributed by atoms with Crippen LogP contribution >= 0.6 is 0 Å². The molecule has 0 radical (unpaired) electrons. The van der Waals surface area contributed by atoms with Gasteiger partial charge >= 0.3 is 0 Å². The van der Waals surface area contributed by atoms with E-state index in [1.165, 1.54) is 0 Å². The molecule has 4 rings (SSSR count). The Labute approximate surface area is 177 Å². The number of nitrogens with zero attached hydrogens (tertiary/aromatic N) is 1. The van der Waals surface area contributed by atoms with Gasteiger partial charge in [-0.2, -0.15) is 5.10 Å². The normalized spacial score (nSPS) is 12.2. The highest BCUT2D eigenvalue weighted by atomic mass is 32.2. The van der Waals surface area contributed by atoms with E-state index < -0.39 is 9.84 Å². The van der Waals surface area contributed by atoms with E-state index in [0.717, 1.165) is 42.3 Å². The van der Waals surface area contributed by atoms with Gasteiger partial charge in [0.2, 0.25) is 9.84 Å². The molecule has 0 aliphatic heterocycles. The van der Waals surface area contributed by atoms with Gasteiger partial charge < -0.3 is 5.32 Å². The lowest BCUT2D eigenvalue weighted by Gasteiger charge is -2.08. The van der Waals surface area contributed by atoms with E-state index in [9.17, 15) is 8.42 Å². The van der Waals surface area contributed by atoms with E-state index in [1.54, 1.807) is 12.1 Å². The fraction of sp³-hybridized carbons (Fsp3) is 0.292. The highest BCUT2D eigenvalue weighted by Crippen LogP contribution is 2.31. The zero-order valence-corrected chi connectivity index (χ0v) is 18.2. The molecule has 0 unspecified atom stereocenters. The summed E-state index contributed by atoms with van der Waals surface area (Å²) in [5.74, 6) is 0. The summed E-state index contributed by atoms with van der Waals surface area (Å²) in [6.45, 7) is 5.28. The molecule has 0 aliphatic rings. The van der Waals surface area contributed by atoms with Crippen molar-refractivity contribution in [3.05, 3.63) is 66.2 Å². The van der Waals surface area contributed by atoms with E-state index in [2.05, 4.69) is 29.4 Å². The minimum atomic E-state index is -3.76. The van der Waals surface area contributed by atoms with E-state index >= 15 is 0 Å². The van der Waals surface area contributed by atoms with Gasteiger partial charge in [-0.3, -0.25) is 5.10 Å². The molecule has 5 nitrogen and oxygen atoms in total. The number of H-pyrrole nitrogens is 1. The number of rotatable bonds is 8. The van der Waals surface area contributed by atoms with Crippen molar-refractivity contribution in [1.29, 1.82) is 0 Å². The Morgan fingerprint density at radius 1 is 0.967 bits per heavy atom. The van der Waals surface area contributed by atoms with Crippen LogP contribution in [0, 0.1) is 0 Å². The molecule has 1 aromatic heterocycles. The van der Waals surface area contributed by atoms with E-state index in [1.807, 2.05) is 48.5 Å². The predicted molar refractivity (Wildman–Crippen MR) is 122 cm³/mol. The third-order valence-electron chi connectivity index (χ3n) is 5.33. The molecule has 4 aromatic rings. The number of unbranched alkanes of at least 4 members (excludes halogenated alkanes) is 1. The molecule has 6 heteroatoms. The van der Waals surface area contributed by atoms with Crippen molar-refractivity contribution in [3.63, 3.8) is 0 Å². The molecule has 0 atom stereocenters. The van der Waals surface area contributed by atoms with Gasteiger partial charge in [-0.1, -0.05) is 56.3 Å². The Bertz CT molecular complexity index is 1270. The molecular formula is C24H27N3O2S. The van der Waals surface area contributed by atoms with Crippen molar-refractivity contribution in [3.8, 4) is 0 Å². The van der Waals surface area contributed by atoms with Gasteiger partial charge in [-0.05, 0) is 55.0 Å². The second-order valence-electron chi connectivity index (χ2n) is 7.96. The summed E-state index contributed by atoms with van der Waals surface area (Å²) in [6.07, 6.45) is 3.05. The predicted octanol–water partition coefficient (Wildman–Crippen LogP) is 4.87. The maximum absolute atomic E-state index is 13.5. The van der Waals surface area contributed by atoms with Crippen molar-refractivity contribution in [2.24, 2.45) is 0 Å². The summed E-state index contributed by atoms with van der Waals surface area (Å²) in [6, 6.07) is 19.3. The Hall–Kier alpha value is -2.70. The smallest absolute Gasteiger partial charge is 0.226 e. The van der Waals surface area contributed by atoms with Crippen LogP contribution in [0.4, 0.5) is 0 Å². The topological polar surface area (TPSA) is 74.8 Å². The number of hydrogen-bond donors (Lipinski definition) is 2. The van der Waals surface area contributed by atoms with Crippen LogP contribution in [0.2, 0.25) is 0 Å². The minimum Gasteiger partial charge on any atom is -0.315 e. The largest absolute Gasteiger partial charge is 0.315 e. The molecule has 1 heterocycles. The van der Waals surface area contributed by atoms with Gasteiger partial charge in [0.1, 0.15) is 0 Å². The quantitative estimate of drug-likeness (QED) is 0.398. The molecule has 0 fully saturated rings. The van der Waals surface area contributed by atoms with Crippen molar-refractivity contribution >= 4 is 31.5 Å². The second kappa shape index (κ2) is 8.58. The van der Waals surface area contributed by atoms with Gasteiger partial charge in [-0.25, -0.2) is 8.42 Å². The highest BCUT2D eigenvalue weighted by Gasteiger charge is 2.25. The number of fused-ring (bicyclic) bond motifs is 2. The van der Waals surface area contributed by atoms with Crippen LogP contribution in [0.25, 0.3) is 21.7 Å². The molecule has 0 bridgehead atoms. The number of sulfone groups is 1. The zero-order chi connectivity index (χ0) is 21.1. The Morgan fingerprint density at radius 3 is 2.60 bits per heavy atom. The summed E-state index contributed by atoms with van der Waals surface area (Å²) in [7, 11) is -3.76. The second-order valence-corrected chi connectivity index (χ2v) is 9.79. The van der Waals surface area contributed by atoms with Crippen LogP contribution in [0.1, 0.15) is 32.3 Å². The van der Waals surface area contributed by atoms with E-state index in [-0.39, 0.29) is 5.03 Å². The molecule has 0 amide bonds. The molecule has 3 aromatic carbocycles. The fourth-order valence-corrected chi connectivity index (χ4v) is 5.34. The number of aromatic nitrogens is 2. The van der Waals surface area contributed by atoms with Gasteiger partial charge in [-0.15, -0.1) is 0 Å². The number of hydrogen-bond acceptors (Lipinski definition) is 4. The lowest BCUT2D eigenvalue weighted by Crippen LogP contribution is -2.23. The average molecular weight is 422 g/mol. The molecule has 2 N–H and O–H groups in total. The van der Waals surface area contributed by atoms with Gasteiger partial charge in [0.05, 0.1) is 10.4 Å². The maximum atomic E-state index is 13.5. The third-order valence-corrected chi connectivity index (χ3v) is 7.09. The molecular weight excluding hydrogens is 394 g/mol. The SMILES string of the molecule is CC(C)NCCCCc1ccc2[nH]nc(S(=O)(=O)c3cccc4ccccc34)c2c1. The van der Waals surface area contributed by atoms with Gasteiger partial charge in [0, 0.05) is 16.8 Å². The summed E-state index contributed by atoms with van der Waals surface area (Å²) in [4.78, 5) is 0.291. The van der Waals surface area contributed by atoms with Crippen LogP contribution in [-0.2, 0) is 16.3 Å². The van der Waals surface area contributed by atoms with Crippen LogP contribution in [0.15, 0.2) is 70.6 Å². The van der Waals surface area contributed by atoms with Gasteiger partial charge in [0.25, 0.3) is 0 Å². The van der Waals surface area contributed by atoms with Crippen molar-refractivity contribution < 1.29 is 8.42 Å². The Morgan fingerprint density at radius 2 is 1.77 bits per heavy atom. The third kappa shape index (κ3) is 4.11. The lowest BCUT2D eigenvalue weighted by atomic mass is 10.1. The van der Waals surface area contributed by atoms with Crippen LogP contribution < -0.4 is 5.32 Å². The number of nitrogens with one attached hydrogen (secondary N) is 2. The Balaban J connectivity index is 1.65. The maximum Gasteiger partial charge on any atom is 0.226 e. The zero-order valence-electron chi connectivity index (χ0n) is 17.4. The van der Waals surface area contributed by atoms with E-state index in [4.69, 9.17) is 0 Å². The van der Waals surface area contributed by atoms with Crippen molar-refractivity contribution in [1.82, 2.24) is 15.5 Å². The number of benzene rings is 3. The summed E-state index contributed by atoms with van der Waals surface area (Å²) >= 11 is 0. The van der Waals surface area contributed by atoms with Crippen molar-refractivity contribution in [2.75, 3.05) is 6.54 Å². The van der Waals surface area contributed by atoms with Crippen LogP contribution in [-0.4, -0.2) is 31.2 Å². The molecule has 0 saturated heterocycles. The highest BCUT2D eigenvalue weighted by molar-refractivity contribution is 7.91. The van der Waals surface area contributed by atoms with E-state index in [0.29, 0.717) is 21.7 Å². The average Bonchev–Trinajstić information content (AvgIpc) is 3.17. The first-order valence-corrected chi connectivity index (χ1v) is 11.9. The standard InChI is InChI=1S/C24H27N3O2S/c1-17(2)25-15-6-5-8-18-13-14-22-21(16-18)24(27-26-22)30(28,29)23-12-7-10-19-9-3-4-11-20(19)23/h3-4,7,9-14,16-17,25H,5-6,8,15H2,1-2H3,(H,26,27). The number of aromatic amines is 1. The summed E-state index contributed by atoms with van der Waals surface area (Å²) in [5.41, 5.74) is 1.86. The lowest BCUT2D eigenvalue weighted by molar-refractivity contribution is 0.557. The fourth-order valence-electron chi connectivity index (χ4n) is 3.78. The molecule has 156 valence electrons. The minimum absolute atomic E-state index is 0.0946. The van der Waals surface area contributed by atoms with Crippen LogP contribution in [0.3, 0.4) is 0 Å². The molecule has 0 aliphatic carbocycles. The summed E-state index contributed by atoms with van der Waals surface area (Å²) < 4.78 is 27.0. The molecule has 0 saturated carbocycles. The van der Waals surface area contributed by atoms with Gasteiger partial charge in [0.15, 0.2) is 5.03 Å². The first kappa shape index (κ1) is 20.6.